The standard InChI is InChI=1S/C13H26O2.C13H24O2/c2*1-11(10-13(2,3)4)8-6-5-7-9-12(14)15/h11H,5-10H2,1-4H3,(H,14,15);5-6,11H,7-10H2,1-4H3,(H,14,15). The van der Waals surface area contributed by atoms with Gasteiger partial charge in [-0.2, -0.15) is 0 Å². The molecule has 0 radical (unpaired) electrons. The van der Waals surface area contributed by atoms with Crippen LogP contribution in [0.25, 0.3) is 0 Å². The molecule has 0 aliphatic rings. The second kappa shape index (κ2) is 16.4. The van der Waals surface area contributed by atoms with Gasteiger partial charge in [-0.15, -0.1) is 0 Å². The molecule has 30 heavy (non-hydrogen) atoms. The highest BCUT2D eigenvalue weighted by atomic mass is 16.4. The molecule has 2 atom stereocenters. The van der Waals surface area contributed by atoms with Crippen molar-refractivity contribution in [2.75, 3.05) is 0 Å². The first kappa shape index (κ1) is 30.9. The predicted octanol–water partition coefficient (Wildman–Crippen LogP) is 7.96. The fourth-order valence-electron chi connectivity index (χ4n) is 3.88. The van der Waals surface area contributed by atoms with Crippen molar-refractivity contribution in [1.82, 2.24) is 0 Å². The van der Waals surface area contributed by atoms with Crippen LogP contribution in [0.15, 0.2) is 12.2 Å². The number of aliphatic carboxylic acids is 2. The molecule has 0 heterocycles. The topological polar surface area (TPSA) is 74.6 Å². The summed E-state index contributed by atoms with van der Waals surface area (Å²) in [7, 11) is 0. The van der Waals surface area contributed by atoms with Crippen LogP contribution in [0, 0.1) is 22.7 Å². The molecule has 0 bridgehead atoms. The van der Waals surface area contributed by atoms with Gasteiger partial charge in [0.2, 0.25) is 0 Å². The van der Waals surface area contributed by atoms with E-state index in [9.17, 15) is 9.59 Å². The molecule has 0 rings (SSSR count). The number of rotatable bonds is 13. The number of hydrogen-bond donors (Lipinski definition) is 2. The van der Waals surface area contributed by atoms with Crippen molar-refractivity contribution >= 4 is 11.9 Å². The number of carboxylic acids is 2. The molecule has 4 heteroatoms. The molecular formula is C26H50O4. The molecular weight excluding hydrogens is 376 g/mol. The summed E-state index contributed by atoms with van der Waals surface area (Å²) in [5, 5.41) is 16.9. The van der Waals surface area contributed by atoms with Crippen molar-refractivity contribution in [2.24, 2.45) is 22.7 Å². The lowest BCUT2D eigenvalue weighted by Crippen LogP contribution is -2.10. The number of carbonyl (C=O) groups is 2. The molecule has 0 aromatic carbocycles. The van der Waals surface area contributed by atoms with Gasteiger partial charge in [-0.3, -0.25) is 9.59 Å². The maximum Gasteiger partial charge on any atom is 0.303 e. The zero-order chi connectivity index (χ0) is 23.8. The Hall–Kier alpha value is -1.32. The van der Waals surface area contributed by atoms with Crippen molar-refractivity contribution < 1.29 is 19.8 Å². The highest BCUT2D eigenvalue weighted by Crippen LogP contribution is 2.27. The molecule has 0 fully saturated rings. The molecule has 0 aliphatic carbocycles. The summed E-state index contributed by atoms with van der Waals surface area (Å²) in [4.78, 5) is 20.5. The summed E-state index contributed by atoms with van der Waals surface area (Å²) >= 11 is 0. The first-order valence-corrected chi connectivity index (χ1v) is 11.7. The van der Waals surface area contributed by atoms with E-state index in [0.717, 1.165) is 25.2 Å². The van der Waals surface area contributed by atoms with Gasteiger partial charge in [0.15, 0.2) is 0 Å². The van der Waals surface area contributed by atoms with E-state index >= 15 is 0 Å². The minimum atomic E-state index is -0.720. The summed E-state index contributed by atoms with van der Waals surface area (Å²) in [5.74, 6) is 0.0426. The number of unbranched alkanes of at least 4 members (excludes halogenated alkanes) is 2. The minimum Gasteiger partial charge on any atom is -0.481 e. The molecule has 0 aromatic heterocycles. The van der Waals surface area contributed by atoms with E-state index in [1.165, 1.54) is 25.7 Å². The summed E-state index contributed by atoms with van der Waals surface area (Å²) in [5.41, 5.74) is 0.800. The van der Waals surface area contributed by atoms with E-state index in [4.69, 9.17) is 10.2 Å². The van der Waals surface area contributed by atoms with Crippen molar-refractivity contribution in [3.63, 3.8) is 0 Å². The zero-order valence-electron chi connectivity index (χ0n) is 21.1. The van der Waals surface area contributed by atoms with Crippen molar-refractivity contribution in [3.05, 3.63) is 12.2 Å². The average Bonchev–Trinajstić information content (AvgIpc) is 2.50. The Morgan fingerprint density at radius 3 is 1.70 bits per heavy atom. The Labute approximate surface area is 186 Å². The molecule has 0 saturated heterocycles. The van der Waals surface area contributed by atoms with Crippen molar-refractivity contribution in [1.29, 1.82) is 0 Å². The predicted molar refractivity (Wildman–Crippen MR) is 128 cm³/mol. The van der Waals surface area contributed by atoms with E-state index in [1.807, 2.05) is 6.08 Å². The quantitative estimate of drug-likeness (QED) is 0.231. The smallest absolute Gasteiger partial charge is 0.303 e. The van der Waals surface area contributed by atoms with Gasteiger partial charge in [0.25, 0.3) is 0 Å². The molecule has 0 aliphatic heterocycles. The lowest BCUT2D eigenvalue weighted by atomic mass is 9.83. The van der Waals surface area contributed by atoms with Crippen LogP contribution < -0.4 is 0 Å². The Morgan fingerprint density at radius 2 is 1.23 bits per heavy atom. The molecule has 2 N–H and O–H groups in total. The maximum absolute atomic E-state index is 10.3. The van der Waals surface area contributed by atoms with Crippen LogP contribution in [0.4, 0.5) is 0 Å². The first-order chi connectivity index (χ1) is 13.6. The van der Waals surface area contributed by atoms with Crippen molar-refractivity contribution in [3.8, 4) is 0 Å². The molecule has 0 saturated carbocycles. The average molecular weight is 427 g/mol. The maximum atomic E-state index is 10.3. The Kier molecular flexibility index (Phi) is 16.9. The number of hydrogen-bond acceptors (Lipinski definition) is 2. The lowest BCUT2D eigenvalue weighted by Gasteiger charge is -2.23. The second-order valence-electron chi connectivity index (χ2n) is 11.4. The van der Waals surface area contributed by atoms with Crippen molar-refractivity contribution in [2.45, 2.75) is 120 Å². The molecule has 178 valence electrons. The highest BCUT2D eigenvalue weighted by molar-refractivity contribution is 5.66. The molecule has 4 nitrogen and oxygen atoms in total. The van der Waals surface area contributed by atoms with Gasteiger partial charge in [0.1, 0.15) is 0 Å². The molecule has 0 amide bonds. The molecule has 0 aromatic rings. The highest BCUT2D eigenvalue weighted by Gasteiger charge is 2.15. The largest absolute Gasteiger partial charge is 0.481 e. The summed E-state index contributed by atoms with van der Waals surface area (Å²) in [6.07, 6.45) is 13.1. The van der Waals surface area contributed by atoms with Crippen LogP contribution in [-0.4, -0.2) is 22.2 Å². The number of carboxylic acid groups (broad SMARTS) is 2. The fourth-order valence-corrected chi connectivity index (χ4v) is 3.88. The van der Waals surface area contributed by atoms with E-state index < -0.39 is 11.9 Å². The SMILES string of the molecule is CC(CC=CCCC(=O)O)CC(C)(C)C.CC(CCCCCC(=O)O)CC(C)(C)C. The Balaban J connectivity index is 0. The second-order valence-corrected chi connectivity index (χ2v) is 11.4. The van der Waals surface area contributed by atoms with Gasteiger partial charge in [0.05, 0.1) is 0 Å². The minimum absolute atomic E-state index is 0.240. The molecule has 0 spiro atoms. The van der Waals surface area contributed by atoms with Gasteiger partial charge in [-0.25, -0.2) is 0 Å². The third-order valence-electron chi connectivity index (χ3n) is 4.74. The van der Waals surface area contributed by atoms with Gasteiger partial charge in [-0.1, -0.05) is 86.8 Å². The zero-order valence-corrected chi connectivity index (χ0v) is 21.1. The Morgan fingerprint density at radius 1 is 0.733 bits per heavy atom. The van der Waals surface area contributed by atoms with Gasteiger partial charge >= 0.3 is 11.9 Å². The van der Waals surface area contributed by atoms with E-state index in [2.05, 4.69) is 61.5 Å². The lowest BCUT2D eigenvalue weighted by molar-refractivity contribution is -0.138. The van der Waals surface area contributed by atoms with Crippen LogP contribution in [-0.2, 0) is 9.59 Å². The monoisotopic (exact) mass is 426 g/mol. The summed E-state index contributed by atoms with van der Waals surface area (Å²) in [6.45, 7) is 18.1. The van der Waals surface area contributed by atoms with Crippen LogP contribution >= 0.6 is 0 Å². The third kappa shape index (κ3) is 28.9. The van der Waals surface area contributed by atoms with Crippen LogP contribution in [0.5, 0.6) is 0 Å². The van der Waals surface area contributed by atoms with E-state index in [0.29, 0.717) is 29.6 Å². The van der Waals surface area contributed by atoms with E-state index in [1.54, 1.807) is 0 Å². The fraction of sp³-hybridized carbons (Fsp3) is 0.846. The normalized spacial score (nSPS) is 14.1. The first-order valence-electron chi connectivity index (χ1n) is 11.7. The molecule has 2 unspecified atom stereocenters. The summed E-state index contributed by atoms with van der Waals surface area (Å²) in [6, 6.07) is 0. The number of allylic oxidation sites excluding steroid dienone is 2. The Bertz CT molecular complexity index is 480. The van der Waals surface area contributed by atoms with Crippen LogP contribution in [0.2, 0.25) is 0 Å². The van der Waals surface area contributed by atoms with Gasteiger partial charge in [-0.05, 0) is 54.8 Å². The van der Waals surface area contributed by atoms with Crippen LogP contribution in [0.1, 0.15) is 120 Å². The van der Waals surface area contributed by atoms with Crippen LogP contribution in [0.3, 0.4) is 0 Å². The third-order valence-corrected chi connectivity index (χ3v) is 4.74. The van der Waals surface area contributed by atoms with E-state index in [-0.39, 0.29) is 6.42 Å². The van der Waals surface area contributed by atoms with Gasteiger partial charge < -0.3 is 10.2 Å². The summed E-state index contributed by atoms with van der Waals surface area (Å²) < 4.78 is 0. The van der Waals surface area contributed by atoms with Gasteiger partial charge in [0, 0.05) is 12.8 Å².